The van der Waals surface area contributed by atoms with Crippen LogP contribution in [0.4, 0.5) is 0 Å². The molecule has 1 aromatic carbocycles. The zero-order valence-electron chi connectivity index (χ0n) is 10.0. The van der Waals surface area contributed by atoms with Crippen LogP contribution in [0, 0.1) is 17.2 Å². The number of allylic oxidation sites excluding steroid dienone is 3. The lowest BCUT2D eigenvalue weighted by Crippen LogP contribution is -2.04. The molecular weight excluding hydrogens is 206 g/mol. The highest BCUT2D eigenvalue weighted by Crippen LogP contribution is 2.31. The zero-order chi connectivity index (χ0) is 12.1. The predicted molar refractivity (Wildman–Crippen MR) is 71.3 cm³/mol. The largest absolute Gasteiger partial charge is 0.192 e. The van der Waals surface area contributed by atoms with Crippen LogP contribution in [0.5, 0.6) is 0 Å². The second-order valence-electron chi connectivity index (χ2n) is 4.58. The molecule has 0 N–H and O–H groups in total. The van der Waals surface area contributed by atoms with E-state index in [1.807, 2.05) is 18.2 Å². The van der Waals surface area contributed by atoms with Crippen molar-refractivity contribution in [3.63, 3.8) is 0 Å². The summed E-state index contributed by atoms with van der Waals surface area (Å²) >= 11 is 0. The third-order valence-electron chi connectivity index (χ3n) is 3.40. The van der Waals surface area contributed by atoms with Crippen LogP contribution in [0.15, 0.2) is 43.0 Å². The van der Waals surface area contributed by atoms with Gasteiger partial charge in [-0.25, -0.2) is 0 Å². The van der Waals surface area contributed by atoms with Gasteiger partial charge < -0.3 is 0 Å². The van der Waals surface area contributed by atoms with Crippen LogP contribution in [0.3, 0.4) is 0 Å². The third kappa shape index (κ3) is 2.85. The van der Waals surface area contributed by atoms with Crippen molar-refractivity contribution in [2.24, 2.45) is 5.92 Å². The van der Waals surface area contributed by atoms with Gasteiger partial charge in [0.05, 0.1) is 11.6 Å². The van der Waals surface area contributed by atoms with E-state index in [0.717, 1.165) is 30.7 Å². The molecule has 0 amide bonds. The summed E-state index contributed by atoms with van der Waals surface area (Å²) in [4.78, 5) is 0. The first-order valence-electron chi connectivity index (χ1n) is 6.14. The van der Waals surface area contributed by atoms with Crippen LogP contribution < -0.4 is 0 Å². The van der Waals surface area contributed by atoms with Crippen molar-refractivity contribution < 1.29 is 0 Å². The standard InChI is InChI=1S/C16H17N/c1-2-3-13-4-8-15(9-5-13)16-10-6-14(12-17)7-11-16/h2,6-8,10-11,13H,1,3-5,9H2. The van der Waals surface area contributed by atoms with Gasteiger partial charge in [0.15, 0.2) is 0 Å². The lowest BCUT2D eigenvalue weighted by Gasteiger charge is -2.20. The Morgan fingerprint density at radius 1 is 1.35 bits per heavy atom. The molecule has 0 bridgehead atoms. The van der Waals surface area contributed by atoms with Gasteiger partial charge in [-0.15, -0.1) is 6.58 Å². The molecular formula is C16H17N. The molecule has 1 unspecified atom stereocenters. The maximum absolute atomic E-state index is 8.76. The smallest absolute Gasteiger partial charge is 0.0991 e. The maximum atomic E-state index is 8.76. The summed E-state index contributed by atoms with van der Waals surface area (Å²) in [5.74, 6) is 0.773. The van der Waals surface area contributed by atoms with Crippen molar-refractivity contribution in [3.05, 3.63) is 54.1 Å². The molecule has 0 saturated heterocycles. The number of nitriles is 1. The van der Waals surface area contributed by atoms with Crippen molar-refractivity contribution in [2.45, 2.75) is 25.7 Å². The second-order valence-corrected chi connectivity index (χ2v) is 4.58. The molecule has 86 valence electrons. The van der Waals surface area contributed by atoms with Gasteiger partial charge in [-0.1, -0.05) is 24.3 Å². The van der Waals surface area contributed by atoms with Gasteiger partial charge >= 0.3 is 0 Å². The normalized spacial score (nSPS) is 19.2. The van der Waals surface area contributed by atoms with Gasteiger partial charge in [0, 0.05) is 0 Å². The Morgan fingerprint density at radius 2 is 2.12 bits per heavy atom. The summed E-state index contributed by atoms with van der Waals surface area (Å²) in [7, 11) is 0. The first-order chi connectivity index (χ1) is 8.33. The summed E-state index contributed by atoms with van der Waals surface area (Å²) in [6.07, 6.45) is 9.03. The fraction of sp³-hybridized carbons (Fsp3) is 0.312. The molecule has 0 fully saturated rings. The fourth-order valence-electron chi connectivity index (χ4n) is 2.36. The van der Waals surface area contributed by atoms with Crippen LogP contribution >= 0.6 is 0 Å². The highest BCUT2D eigenvalue weighted by atomic mass is 14.2. The Hall–Kier alpha value is -1.81. The Bertz CT molecular complexity index is 459. The summed E-state index contributed by atoms with van der Waals surface area (Å²) in [6, 6.07) is 10.0. The molecule has 0 aromatic heterocycles. The first kappa shape index (κ1) is 11.7. The lowest BCUT2D eigenvalue weighted by molar-refractivity contribution is 0.492. The molecule has 0 aliphatic heterocycles. The molecule has 1 nitrogen and oxygen atoms in total. The highest BCUT2D eigenvalue weighted by Gasteiger charge is 2.13. The molecule has 0 spiro atoms. The van der Waals surface area contributed by atoms with Crippen LogP contribution in [0.2, 0.25) is 0 Å². The summed E-state index contributed by atoms with van der Waals surface area (Å²) in [6.45, 7) is 3.80. The topological polar surface area (TPSA) is 23.8 Å². The third-order valence-corrected chi connectivity index (χ3v) is 3.40. The van der Waals surface area contributed by atoms with Crippen molar-refractivity contribution in [2.75, 3.05) is 0 Å². The molecule has 0 heterocycles. The molecule has 1 aromatic rings. The first-order valence-corrected chi connectivity index (χ1v) is 6.14. The van der Waals surface area contributed by atoms with E-state index in [2.05, 4.69) is 30.9 Å². The number of rotatable bonds is 3. The Labute approximate surface area is 103 Å². The molecule has 1 atom stereocenters. The van der Waals surface area contributed by atoms with Gasteiger partial charge in [-0.05, 0) is 54.9 Å². The van der Waals surface area contributed by atoms with E-state index < -0.39 is 0 Å². The van der Waals surface area contributed by atoms with Crippen molar-refractivity contribution in [1.82, 2.24) is 0 Å². The van der Waals surface area contributed by atoms with E-state index in [9.17, 15) is 0 Å². The SMILES string of the molecule is C=CCC1CC=C(c2ccc(C#N)cc2)CC1. The zero-order valence-corrected chi connectivity index (χ0v) is 10.0. The minimum absolute atomic E-state index is 0.731. The molecule has 2 rings (SSSR count). The van der Waals surface area contributed by atoms with E-state index in [-0.39, 0.29) is 0 Å². The van der Waals surface area contributed by atoms with Gasteiger partial charge in [0.1, 0.15) is 0 Å². The van der Waals surface area contributed by atoms with Gasteiger partial charge in [-0.2, -0.15) is 5.26 Å². The molecule has 17 heavy (non-hydrogen) atoms. The Morgan fingerprint density at radius 3 is 2.65 bits per heavy atom. The number of hydrogen-bond donors (Lipinski definition) is 0. The minimum atomic E-state index is 0.731. The van der Waals surface area contributed by atoms with Gasteiger partial charge in [-0.3, -0.25) is 0 Å². The van der Waals surface area contributed by atoms with Crippen LogP contribution in [-0.2, 0) is 0 Å². The lowest BCUT2D eigenvalue weighted by atomic mass is 9.85. The Kier molecular flexibility index (Phi) is 3.77. The number of hydrogen-bond acceptors (Lipinski definition) is 1. The average Bonchev–Trinajstić information content (AvgIpc) is 2.40. The molecule has 0 radical (unpaired) electrons. The van der Waals surface area contributed by atoms with E-state index >= 15 is 0 Å². The van der Waals surface area contributed by atoms with E-state index in [0.29, 0.717) is 0 Å². The summed E-state index contributed by atoms with van der Waals surface area (Å²) in [5, 5.41) is 8.76. The quantitative estimate of drug-likeness (QED) is 0.700. The van der Waals surface area contributed by atoms with Crippen molar-refractivity contribution in [3.8, 4) is 6.07 Å². The van der Waals surface area contributed by atoms with E-state index in [1.165, 1.54) is 17.6 Å². The van der Waals surface area contributed by atoms with Crippen LogP contribution in [0.1, 0.15) is 36.8 Å². The molecule has 1 heteroatoms. The predicted octanol–water partition coefficient (Wildman–Crippen LogP) is 4.32. The minimum Gasteiger partial charge on any atom is -0.192 e. The number of benzene rings is 1. The highest BCUT2D eigenvalue weighted by molar-refractivity contribution is 5.66. The van der Waals surface area contributed by atoms with E-state index in [1.54, 1.807) is 0 Å². The molecule has 1 aliphatic rings. The number of nitrogens with zero attached hydrogens (tertiary/aromatic N) is 1. The molecule has 1 aliphatic carbocycles. The van der Waals surface area contributed by atoms with E-state index in [4.69, 9.17) is 5.26 Å². The van der Waals surface area contributed by atoms with Crippen molar-refractivity contribution in [1.29, 1.82) is 5.26 Å². The Balaban J connectivity index is 2.08. The molecule has 0 saturated carbocycles. The van der Waals surface area contributed by atoms with Crippen LogP contribution in [-0.4, -0.2) is 0 Å². The maximum Gasteiger partial charge on any atom is 0.0991 e. The fourth-order valence-corrected chi connectivity index (χ4v) is 2.36. The second kappa shape index (κ2) is 5.50. The monoisotopic (exact) mass is 223 g/mol. The average molecular weight is 223 g/mol. The summed E-state index contributed by atoms with van der Waals surface area (Å²) < 4.78 is 0. The van der Waals surface area contributed by atoms with Crippen molar-refractivity contribution >= 4 is 5.57 Å². The van der Waals surface area contributed by atoms with Gasteiger partial charge in [0.2, 0.25) is 0 Å². The summed E-state index contributed by atoms with van der Waals surface area (Å²) in [5.41, 5.74) is 3.42. The van der Waals surface area contributed by atoms with Gasteiger partial charge in [0.25, 0.3) is 0 Å². The van der Waals surface area contributed by atoms with Crippen LogP contribution in [0.25, 0.3) is 5.57 Å².